The molecule has 0 spiro atoms. The molecule has 0 aliphatic carbocycles. The first kappa shape index (κ1) is 16.4. The molecule has 0 heterocycles. The van der Waals surface area contributed by atoms with Crippen LogP contribution in [0.4, 0.5) is 5.69 Å². The molecule has 20 heavy (non-hydrogen) atoms. The average molecular weight is 345 g/mol. The van der Waals surface area contributed by atoms with Gasteiger partial charge >= 0.3 is 0 Å². The van der Waals surface area contributed by atoms with Gasteiger partial charge in [0.2, 0.25) is 0 Å². The largest absolute Gasteiger partial charge is 0.496 e. The Balaban J connectivity index is 2.90. The molecule has 0 saturated carbocycles. The maximum atomic E-state index is 12.1. The predicted octanol–water partition coefficient (Wildman–Crippen LogP) is 2.75. The number of rotatable bonds is 6. The monoisotopic (exact) mass is 344 g/mol. The number of benzene rings is 1. The number of non-ortho nitro benzene ring substituents is 1. The number of hydrogen-bond donors (Lipinski definition) is 1. The molecule has 6 nitrogen and oxygen atoms in total. The highest BCUT2D eigenvalue weighted by molar-refractivity contribution is 9.09. The third-order valence-electron chi connectivity index (χ3n) is 2.73. The van der Waals surface area contributed by atoms with Gasteiger partial charge < -0.3 is 10.1 Å². The predicted molar refractivity (Wildman–Crippen MR) is 79.6 cm³/mol. The van der Waals surface area contributed by atoms with Gasteiger partial charge in [-0.25, -0.2) is 0 Å². The highest BCUT2D eigenvalue weighted by atomic mass is 79.9. The number of nitro groups is 1. The minimum atomic E-state index is -0.530. The van der Waals surface area contributed by atoms with Crippen LogP contribution in [-0.2, 0) is 0 Å². The number of amides is 1. The van der Waals surface area contributed by atoms with E-state index in [1.807, 2.05) is 13.8 Å². The van der Waals surface area contributed by atoms with E-state index in [1.54, 1.807) is 0 Å². The standard InChI is InChI=1S/C13H17BrN2O4/c1-13(2,7-14)8-15-12(17)10-5-4-9(16(18)19)6-11(10)20-3/h4-6H,7-8H2,1-3H3,(H,15,17). The van der Waals surface area contributed by atoms with E-state index in [1.165, 1.54) is 25.3 Å². The number of carbonyl (C=O) groups is 1. The summed E-state index contributed by atoms with van der Waals surface area (Å²) in [6.07, 6.45) is 0. The SMILES string of the molecule is COc1cc([N+](=O)[O-])ccc1C(=O)NCC(C)(C)CBr. The zero-order valence-corrected chi connectivity index (χ0v) is 13.2. The van der Waals surface area contributed by atoms with E-state index >= 15 is 0 Å². The van der Waals surface area contributed by atoms with E-state index < -0.39 is 4.92 Å². The quantitative estimate of drug-likeness (QED) is 0.488. The van der Waals surface area contributed by atoms with E-state index in [0.29, 0.717) is 6.54 Å². The van der Waals surface area contributed by atoms with Crippen molar-refractivity contribution < 1.29 is 14.5 Å². The van der Waals surface area contributed by atoms with E-state index in [0.717, 1.165) is 5.33 Å². The van der Waals surface area contributed by atoms with Gasteiger partial charge in [-0.1, -0.05) is 29.8 Å². The van der Waals surface area contributed by atoms with E-state index in [9.17, 15) is 14.9 Å². The van der Waals surface area contributed by atoms with Crippen LogP contribution >= 0.6 is 15.9 Å². The minimum Gasteiger partial charge on any atom is -0.496 e. The molecule has 1 N–H and O–H groups in total. The molecular weight excluding hydrogens is 328 g/mol. The van der Waals surface area contributed by atoms with Gasteiger partial charge in [-0.05, 0) is 11.5 Å². The summed E-state index contributed by atoms with van der Waals surface area (Å²) < 4.78 is 5.04. The Morgan fingerprint density at radius 3 is 2.65 bits per heavy atom. The van der Waals surface area contributed by atoms with Crippen molar-refractivity contribution in [3.05, 3.63) is 33.9 Å². The maximum absolute atomic E-state index is 12.1. The summed E-state index contributed by atoms with van der Waals surface area (Å²) in [5, 5.41) is 14.2. The number of nitrogens with one attached hydrogen (secondary N) is 1. The summed E-state index contributed by atoms with van der Waals surface area (Å²) in [7, 11) is 1.37. The Morgan fingerprint density at radius 1 is 1.50 bits per heavy atom. The lowest BCUT2D eigenvalue weighted by Gasteiger charge is -2.22. The van der Waals surface area contributed by atoms with Crippen LogP contribution in [0.15, 0.2) is 18.2 Å². The zero-order valence-electron chi connectivity index (χ0n) is 11.6. The van der Waals surface area contributed by atoms with Crippen LogP contribution in [0.3, 0.4) is 0 Å². The summed E-state index contributed by atoms with van der Waals surface area (Å²) in [5.74, 6) is -0.126. The van der Waals surface area contributed by atoms with Gasteiger partial charge in [0.05, 0.1) is 23.7 Å². The van der Waals surface area contributed by atoms with Crippen molar-refractivity contribution in [1.82, 2.24) is 5.32 Å². The number of nitrogens with zero attached hydrogens (tertiary/aromatic N) is 1. The Kier molecular flexibility index (Phi) is 5.50. The first-order chi connectivity index (χ1) is 9.30. The summed E-state index contributed by atoms with van der Waals surface area (Å²) in [6.45, 7) is 4.50. The molecule has 0 fully saturated rings. The summed E-state index contributed by atoms with van der Waals surface area (Å²) in [5.41, 5.74) is 0.0894. The molecule has 1 aromatic carbocycles. The lowest BCUT2D eigenvalue weighted by atomic mass is 9.96. The molecule has 0 aliphatic heterocycles. The van der Waals surface area contributed by atoms with Gasteiger partial charge in [0.15, 0.2) is 0 Å². The molecule has 0 aromatic heterocycles. The summed E-state index contributed by atoms with van der Waals surface area (Å²) in [6, 6.07) is 3.92. The summed E-state index contributed by atoms with van der Waals surface area (Å²) in [4.78, 5) is 22.3. The molecule has 1 rings (SSSR count). The minimum absolute atomic E-state index is 0.0797. The Morgan fingerprint density at radius 2 is 2.15 bits per heavy atom. The van der Waals surface area contributed by atoms with Gasteiger partial charge in [0.1, 0.15) is 5.75 Å². The number of halogens is 1. The fraction of sp³-hybridized carbons (Fsp3) is 0.462. The van der Waals surface area contributed by atoms with Gasteiger partial charge in [-0.15, -0.1) is 0 Å². The molecule has 0 atom stereocenters. The van der Waals surface area contributed by atoms with Crippen LogP contribution in [0.1, 0.15) is 24.2 Å². The van der Waals surface area contributed by atoms with Crippen molar-refractivity contribution in [2.45, 2.75) is 13.8 Å². The van der Waals surface area contributed by atoms with Crippen LogP contribution < -0.4 is 10.1 Å². The molecule has 7 heteroatoms. The third kappa shape index (κ3) is 4.19. The lowest BCUT2D eigenvalue weighted by molar-refractivity contribution is -0.384. The van der Waals surface area contributed by atoms with E-state index in [2.05, 4.69) is 21.2 Å². The molecule has 0 unspecified atom stereocenters. The topological polar surface area (TPSA) is 81.5 Å². The van der Waals surface area contributed by atoms with Gasteiger partial charge in [0, 0.05) is 17.9 Å². The van der Waals surface area contributed by atoms with Crippen LogP contribution in [0.25, 0.3) is 0 Å². The average Bonchev–Trinajstić information content (AvgIpc) is 2.44. The Bertz CT molecular complexity index is 517. The second kappa shape index (κ2) is 6.69. The second-order valence-corrected chi connectivity index (χ2v) is 5.68. The number of nitro benzene ring substituents is 1. The maximum Gasteiger partial charge on any atom is 0.273 e. The number of hydrogen-bond acceptors (Lipinski definition) is 4. The molecule has 110 valence electrons. The Labute approximate surface area is 125 Å². The Hall–Kier alpha value is -1.63. The van der Waals surface area contributed by atoms with Crippen LogP contribution in [0.2, 0.25) is 0 Å². The fourth-order valence-electron chi connectivity index (χ4n) is 1.44. The van der Waals surface area contributed by atoms with Gasteiger partial charge in [0.25, 0.3) is 11.6 Å². The molecule has 1 amide bonds. The highest BCUT2D eigenvalue weighted by Gasteiger charge is 2.20. The first-order valence-corrected chi connectivity index (χ1v) is 7.09. The van der Waals surface area contributed by atoms with Crippen molar-refractivity contribution in [3.63, 3.8) is 0 Å². The highest BCUT2D eigenvalue weighted by Crippen LogP contribution is 2.25. The molecule has 0 radical (unpaired) electrons. The summed E-state index contributed by atoms with van der Waals surface area (Å²) >= 11 is 3.38. The number of carbonyl (C=O) groups excluding carboxylic acids is 1. The number of ether oxygens (including phenoxy) is 1. The molecule has 0 aliphatic rings. The van der Waals surface area contributed by atoms with Crippen molar-refractivity contribution in [1.29, 1.82) is 0 Å². The second-order valence-electron chi connectivity index (χ2n) is 5.12. The first-order valence-electron chi connectivity index (χ1n) is 5.97. The molecule has 0 bridgehead atoms. The number of alkyl halides is 1. The van der Waals surface area contributed by atoms with Crippen molar-refractivity contribution >= 4 is 27.5 Å². The lowest BCUT2D eigenvalue weighted by Crippen LogP contribution is -2.35. The van der Waals surface area contributed by atoms with Crippen molar-refractivity contribution in [2.75, 3.05) is 19.0 Å². The van der Waals surface area contributed by atoms with Crippen LogP contribution in [0.5, 0.6) is 5.75 Å². The van der Waals surface area contributed by atoms with Crippen LogP contribution in [0, 0.1) is 15.5 Å². The van der Waals surface area contributed by atoms with E-state index in [-0.39, 0.29) is 28.3 Å². The van der Waals surface area contributed by atoms with Gasteiger partial charge in [-0.3, -0.25) is 14.9 Å². The van der Waals surface area contributed by atoms with Crippen molar-refractivity contribution in [2.24, 2.45) is 5.41 Å². The fourth-order valence-corrected chi connectivity index (χ4v) is 1.64. The van der Waals surface area contributed by atoms with Crippen LogP contribution in [-0.4, -0.2) is 29.8 Å². The van der Waals surface area contributed by atoms with Gasteiger partial charge in [-0.2, -0.15) is 0 Å². The molecule has 1 aromatic rings. The van der Waals surface area contributed by atoms with E-state index in [4.69, 9.17) is 4.74 Å². The third-order valence-corrected chi connectivity index (χ3v) is 4.25. The molecular formula is C13H17BrN2O4. The number of methoxy groups -OCH3 is 1. The smallest absolute Gasteiger partial charge is 0.273 e. The molecule has 0 saturated heterocycles. The van der Waals surface area contributed by atoms with Crippen molar-refractivity contribution in [3.8, 4) is 5.75 Å². The zero-order chi connectivity index (χ0) is 15.3. The normalized spacial score (nSPS) is 11.0.